The van der Waals surface area contributed by atoms with Gasteiger partial charge in [-0.05, 0) is 43.0 Å². The number of piperidine rings is 1. The van der Waals surface area contributed by atoms with Crippen LogP contribution in [0.5, 0.6) is 0 Å². The molecule has 1 aromatic heterocycles. The highest BCUT2D eigenvalue weighted by atomic mass is 15.1. The Labute approximate surface area is 108 Å². The third kappa shape index (κ3) is 1.33. The first-order valence-electron chi connectivity index (χ1n) is 7.03. The van der Waals surface area contributed by atoms with E-state index in [0.29, 0.717) is 6.04 Å². The van der Waals surface area contributed by atoms with Crippen LogP contribution >= 0.6 is 0 Å². The molecule has 1 saturated heterocycles. The number of likely N-dealkylation sites (N-methyl/N-ethyl adjacent to an activating group) is 1. The summed E-state index contributed by atoms with van der Waals surface area (Å²) >= 11 is 0. The molecule has 0 saturated carbocycles. The maximum Gasteiger partial charge on any atom is 0.0459 e. The SMILES string of the molecule is C[C@H]1CC2c3cccc4[nH]cc(c34)C[C@@H]2N(C)C1. The zero-order valence-electron chi connectivity index (χ0n) is 11.1. The normalized spacial score (nSPS) is 31.6. The Balaban J connectivity index is 1.92. The Morgan fingerprint density at radius 1 is 1.33 bits per heavy atom. The molecule has 2 aromatic rings. The molecular formula is C16H20N2. The number of hydrogen-bond acceptors (Lipinski definition) is 1. The van der Waals surface area contributed by atoms with Gasteiger partial charge in [-0.3, -0.25) is 0 Å². The largest absolute Gasteiger partial charge is 0.361 e. The van der Waals surface area contributed by atoms with Crippen LogP contribution in [0.4, 0.5) is 0 Å². The van der Waals surface area contributed by atoms with Crippen molar-refractivity contribution in [1.82, 2.24) is 9.88 Å². The molecular weight excluding hydrogens is 220 g/mol. The molecule has 0 bridgehead atoms. The van der Waals surface area contributed by atoms with E-state index in [1.165, 1.54) is 35.9 Å². The third-order valence-electron chi connectivity index (χ3n) is 4.93. The number of H-pyrrole nitrogens is 1. The number of hydrogen-bond donors (Lipinski definition) is 1. The van der Waals surface area contributed by atoms with Gasteiger partial charge in [-0.15, -0.1) is 0 Å². The number of nitrogens with zero attached hydrogens (tertiary/aromatic N) is 1. The summed E-state index contributed by atoms with van der Waals surface area (Å²) in [6, 6.07) is 7.47. The molecule has 0 radical (unpaired) electrons. The number of benzene rings is 1. The second kappa shape index (κ2) is 3.61. The first-order valence-corrected chi connectivity index (χ1v) is 7.03. The predicted octanol–water partition coefficient (Wildman–Crippen LogP) is 3.15. The van der Waals surface area contributed by atoms with Crippen molar-refractivity contribution < 1.29 is 0 Å². The highest BCUT2D eigenvalue weighted by Gasteiger charge is 2.37. The van der Waals surface area contributed by atoms with E-state index in [1.54, 1.807) is 5.56 Å². The van der Waals surface area contributed by atoms with E-state index in [0.717, 1.165) is 11.8 Å². The average molecular weight is 240 g/mol. The summed E-state index contributed by atoms with van der Waals surface area (Å²) in [6.45, 7) is 3.64. The van der Waals surface area contributed by atoms with Crippen molar-refractivity contribution in [1.29, 1.82) is 0 Å². The minimum atomic E-state index is 0.704. The fraction of sp³-hybridized carbons (Fsp3) is 0.500. The lowest BCUT2D eigenvalue weighted by molar-refractivity contribution is 0.119. The van der Waals surface area contributed by atoms with Gasteiger partial charge in [0.05, 0.1) is 0 Å². The first kappa shape index (κ1) is 10.6. The summed E-state index contributed by atoms with van der Waals surface area (Å²) in [5.41, 5.74) is 4.42. The molecule has 1 aromatic carbocycles. The average Bonchev–Trinajstić information content (AvgIpc) is 2.76. The smallest absolute Gasteiger partial charge is 0.0459 e. The van der Waals surface area contributed by atoms with Gasteiger partial charge in [-0.25, -0.2) is 0 Å². The maximum atomic E-state index is 3.44. The van der Waals surface area contributed by atoms with E-state index in [2.05, 4.69) is 48.3 Å². The van der Waals surface area contributed by atoms with Crippen molar-refractivity contribution >= 4 is 10.9 Å². The standard InChI is InChI=1S/C16H20N2/c1-10-6-13-12-4-3-5-14-16(12)11(8-17-14)7-15(13)18(2)9-10/h3-5,8,10,13,15,17H,6-7,9H2,1-2H3/t10-,13?,15-/m0/s1. The van der Waals surface area contributed by atoms with E-state index in [9.17, 15) is 0 Å². The summed E-state index contributed by atoms with van der Waals surface area (Å²) in [5, 5.41) is 1.52. The zero-order chi connectivity index (χ0) is 12.3. The van der Waals surface area contributed by atoms with Gasteiger partial charge in [-0.2, -0.15) is 0 Å². The second-order valence-corrected chi connectivity index (χ2v) is 6.24. The highest BCUT2D eigenvalue weighted by molar-refractivity contribution is 5.88. The van der Waals surface area contributed by atoms with Gasteiger partial charge < -0.3 is 9.88 Å². The van der Waals surface area contributed by atoms with E-state index in [-0.39, 0.29) is 0 Å². The third-order valence-corrected chi connectivity index (χ3v) is 4.93. The zero-order valence-corrected chi connectivity index (χ0v) is 11.1. The van der Waals surface area contributed by atoms with Crippen LogP contribution in [-0.2, 0) is 6.42 Å². The van der Waals surface area contributed by atoms with Crippen molar-refractivity contribution in [3.63, 3.8) is 0 Å². The quantitative estimate of drug-likeness (QED) is 0.749. The molecule has 2 nitrogen and oxygen atoms in total. The van der Waals surface area contributed by atoms with Gasteiger partial charge in [0, 0.05) is 35.6 Å². The Kier molecular flexibility index (Phi) is 2.13. The van der Waals surface area contributed by atoms with Gasteiger partial charge >= 0.3 is 0 Å². The molecule has 0 spiro atoms. The molecule has 1 aliphatic heterocycles. The van der Waals surface area contributed by atoms with Crippen molar-refractivity contribution in [2.45, 2.75) is 31.7 Å². The van der Waals surface area contributed by atoms with Crippen molar-refractivity contribution in [2.75, 3.05) is 13.6 Å². The fourth-order valence-electron chi connectivity index (χ4n) is 4.21. The molecule has 0 amide bonds. The topological polar surface area (TPSA) is 19.0 Å². The summed E-state index contributed by atoms with van der Waals surface area (Å²) in [7, 11) is 2.30. The molecule has 2 heterocycles. The predicted molar refractivity (Wildman–Crippen MR) is 74.9 cm³/mol. The van der Waals surface area contributed by atoms with Crippen molar-refractivity contribution in [3.05, 3.63) is 35.5 Å². The van der Waals surface area contributed by atoms with Crippen LogP contribution in [0.2, 0.25) is 0 Å². The van der Waals surface area contributed by atoms with Crippen LogP contribution in [0.3, 0.4) is 0 Å². The monoisotopic (exact) mass is 240 g/mol. The molecule has 2 aliphatic rings. The molecule has 18 heavy (non-hydrogen) atoms. The Hall–Kier alpha value is -1.28. The van der Waals surface area contributed by atoms with Crippen molar-refractivity contribution in [3.8, 4) is 0 Å². The van der Waals surface area contributed by atoms with Gasteiger partial charge in [0.1, 0.15) is 0 Å². The Morgan fingerprint density at radius 3 is 3.11 bits per heavy atom. The number of aromatic nitrogens is 1. The van der Waals surface area contributed by atoms with Crippen LogP contribution in [-0.4, -0.2) is 29.5 Å². The molecule has 4 rings (SSSR count). The van der Waals surface area contributed by atoms with E-state index < -0.39 is 0 Å². The van der Waals surface area contributed by atoms with Crippen LogP contribution in [0.25, 0.3) is 10.9 Å². The molecule has 3 atom stereocenters. The fourth-order valence-corrected chi connectivity index (χ4v) is 4.21. The van der Waals surface area contributed by atoms with E-state index >= 15 is 0 Å². The van der Waals surface area contributed by atoms with Crippen LogP contribution in [0.1, 0.15) is 30.4 Å². The minimum Gasteiger partial charge on any atom is -0.361 e. The number of rotatable bonds is 0. The number of fused-ring (bicyclic) bond motifs is 2. The number of likely N-dealkylation sites (tertiary alicyclic amines) is 1. The minimum absolute atomic E-state index is 0.704. The summed E-state index contributed by atoms with van der Waals surface area (Å²) in [5.74, 6) is 1.54. The number of nitrogens with one attached hydrogen (secondary N) is 1. The van der Waals surface area contributed by atoms with Crippen LogP contribution in [0, 0.1) is 5.92 Å². The van der Waals surface area contributed by atoms with E-state index in [4.69, 9.17) is 0 Å². The first-order chi connectivity index (χ1) is 8.74. The van der Waals surface area contributed by atoms with Gasteiger partial charge in [0.2, 0.25) is 0 Å². The second-order valence-electron chi connectivity index (χ2n) is 6.24. The van der Waals surface area contributed by atoms with Gasteiger partial charge in [0.15, 0.2) is 0 Å². The van der Waals surface area contributed by atoms with Gasteiger partial charge in [0.25, 0.3) is 0 Å². The van der Waals surface area contributed by atoms with Crippen LogP contribution < -0.4 is 0 Å². The lowest BCUT2D eigenvalue weighted by Crippen LogP contribution is -2.47. The molecule has 1 aliphatic carbocycles. The summed E-state index contributed by atoms with van der Waals surface area (Å²) < 4.78 is 0. The van der Waals surface area contributed by atoms with E-state index in [1.807, 2.05) is 0 Å². The van der Waals surface area contributed by atoms with Crippen LogP contribution in [0.15, 0.2) is 24.4 Å². The maximum absolute atomic E-state index is 3.44. The molecule has 1 unspecified atom stereocenters. The van der Waals surface area contributed by atoms with Crippen molar-refractivity contribution in [2.24, 2.45) is 5.92 Å². The lowest BCUT2D eigenvalue weighted by atomic mass is 9.73. The summed E-state index contributed by atoms with van der Waals surface area (Å²) in [4.78, 5) is 6.01. The summed E-state index contributed by atoms with van der Waals surface area (Å²) in [6.07, 6.45) is 4.78. The number of aromatic amines is 1. The van der Waals surface area contributed by atoms with Gasteiger partial charge in [-0.1, -0.05) is 19.1 Å². The molecule has 1 fully saturated rings. The molecule has 2 heteroatoms. The Bertz CT molecular complexity index is 598. The molecule has 1 N–H and O–H groups in total. The highest BCUT2D eigenvalue weighted by Crippen LogP contribution is 2.43. The Morgan fingerprint density at radius 2 is 2.22 bits per heavy atom. The lowest BCUT2D eigenvalue weighted by Gasteiger charge is -2.44. The molecule has 94 valence electrons.